The number of benzene rings is 1. The summed E-state index contributed by atoms with van der Waals surface area (Å²) in [4.78, 5) is 1.46. The molecule has 2 N–H and O–H groups in total. The summed E-state index contributed by atoms with van der Waals surface area (Å²) in [5.41, 5.74) is 8.18. The summed E-state index contributed by atoms with van der Waals surface area (Å²) < 4.78 is 5.96. The van der Waals surface area contributed by atoms with Crippen LogP contribution in [0.3, 0.4) is 0 Å². The van der Waals surface area contributed by atoms with Crippen LogP contribution in [-0.4, -0.2) is 24.0 Å². The molecule has 1 aromatic carbocycles. The van der Waals surface area contributed by atoms with E-state index in [-0.39, 0.29) is 5.54 Å². The Morgan fingerprint density at radius 1 is 1.32 bits per heavy atom. The highest BCUT2D eigenvalue weighted by molar-refractivity contribution is 7.99. The maximum absolute atomic E-state index is 6.75. The molecule has 1 aromatic rings. The first-order valence-electron chi connectivity index (χ1n) is 7.38. The van der Waals surface area contributed by atoms with E-state index in [9.17, 15) is 0 Å². The smallest absolute Gasteiger partial charge is 0.0783 e. The summed E-state index contributed by atoms with van der Waals surface area (Å²) in [5.74, 6) is 2.56. The first-order chi connectivity index (χ1) is 9.26. The molecule has 3 unspecified atom stereocenters. The van der Waals surface area contributed by atoms with Gasteiger partial charge < -0.3 is 10.5 Å². The van der Waals surface area contributed by atoms with E-state index in [1.54, 1.807) is 0 Å². The van der Waals surface area contributed by atoms with E-state index in [4.69, 9.17) is 10.5 Å². The Morgan fingerprint density at radius 3 is 3.00 bits per heavy atom. The van der Waals surface area contributed by atoms with E-state index in [1.165, 1.54) is 29.1 Å². The van der Waals surface area contributed by atoms with Crippen LogP contribution in [-0.2, 0) is 4.74 Å². The number of hydrogen-bond donors (Lipinski definition) is 1. The van der Waals surface area contributed by atoms with Crippen LogP contribution in [0.5, 0.6) is 0 Å². The van der Waals surface area contributed by atoms with Gasteiger partial charge >= 0.3 is 0 Å². The Kier molecular flexibility index (Phi) is 2.90. The molecule has 3 heteroatoms. The van der Waals surface area contributed by atoms with E-state index in [0.29, 0.717) is 12.0 Å². The molecule has 4 rings (SSSR count). The van der Waals surface area contributed by atoms with Crippen LogP contribution in [0.1, 0.15) is 37.2 Å². The van der Waals surface area contributed by atoms with Crippen molar-refractivity contribution in [2.75, 3.05) is 12.4 Å². The van der Waals surface area contributed by atoms with Gasteiger partial charge in [0.25, 0.3) is 0 Å². The lowest BCUT2D eigenvalue weighted by Crippen LogP contribution is -2.49. The van der Waals surface area contributed by atoms with Crippen molar-refractivity contribution in [3.8, 4) is 0 Å². The number of nitrogens with two attached hydrogens (primary N) is 1. The SMILES string of the molecule is NC1(CC2CSc3ccccc32)CCOC1C1CC1. The third kappa shape index (κ3) is 2.12. The number of fused-ring (bicyclic) bond motifs is 1. The van der Waals surface area contributed by atoms with Crippen molar-refractivity contribution in [3.05, 3.63) is 29.8 Å². The van der Waals surface area contributed by atoms with Gasteiger partial charge in [0.05, 0.1) is 6.10 Å². The number of rotatable bonds is 3. The van der Waals surface area contributed by atoms with Crippen LogP contribution >= 0.6 is 11.8 Å². The van der Waals surface area contributed by atoms with Gasteiger partial charge in [-0.25, -0.2) is 0 Å². The molecule has 2 nitrogen and oxygen atoms in total. The van der Waals surface area contributed by atoms with Crippen LogP contribution in [0, 0.1) is 5.92 Å². The van der Waals surface area contributed by atoms with Crippen LogP contribution in [0.4, 0.5) is 0 Å². The molecule has 0 spiro atoms. The highest BCUT2D eigenvalue weighted by Gasteiger charge is 2.49. The van der Waals surface area contributed by atoms with Gasteiger partial charge in [0.1, 0.15) is 0 Å². The summed E-state index contributed by atoms with van der Waals surface area (Å²) in [5, 5.41) is 0. The molecule has 0 aromatic heterocycles. The first-order valence-corrected chi connectivity index (χ1v) is 8.37. The largest absolute Gasteiger partial charge is 0.376 e. The average Bonchev–Trinajstić information content (AvgIpc) is 3.08. The van der Waals surface area contributed by atoms with E-state index in [0.717, 1.165) is 25.4 Å². The molecule has 1 saturated heterocycles. The molecular weight excluding hydrogens is 254 g/mol. The molecule has 0 radical (unpaired) electrons. The molecule has 2 aliphatic heterocycles. The van der Waals surface area contributed by atoms with E-state index in [1.807, 2.05) is 11.8 Å². The Bertz CT molecular complexity index is 487. The lowest BCUT2D eigenvalue weighted by Gasteiger charge is -2.32. The third-order valence-electron chi connectivity index (χ3n) is 4.91. The van der Waals surface area contributed by atoms with E-state index >= 15 is 0 Å². The zero-order valence-corrected chi connectivity index (χ0v) is 12.0. The molecule has 0 bridgehead atoms. The summed E-state index contributed by atoms with van der Waals surface area (Å²) in [6.45, 7) is 0.860. The minimum atomic E-state index is -0.0795. The van der Waals surface area contributed by atoms with Crippen LogP contribution in [0.2, 0.25) is 0 Å². The Balaban J connectivity index is 1.55. The molecule has 3 atom stereocenters. The molecule has 19 heavy (non-hydrogen) atoms. The van der Waals surface area contributed by atoms with E-state index < -0.39 is 0 Å². The van der Waals surface area contributed by atoms with Crippen molar-refractivity contribution in [1.82, 2.24) is 0 Å². The maximum atomic E-state index is 6.75. The van der Waals surface area contributed by atoms with Gasteiger partial charge in [0.15, 0.2) is 0 Å². The second-order valence-corrected chi connectivity index (χ2v) is 7.42. The Hall–Kier alpha value is -0.510. The second-order valence-electron chi connectivity index (χ2n) is 6.36. The topological polar surface area (TPSA) is 35.2 Å². The van der Waals surface area contributed by atoms with Crippen LogP contribution in [0.15, 0.2) is 29.2 Å². The third-order valence-corrected chi connectivity index (χ3v) is 6.16. The van der Waals surface area contributed by atoms with E-state index in [2.05, 4.69) is 24.3 Å². The average molecular weight is 275 g/mol. The molecule has 2 heterocycles. The minimum absolute atomic E-state index is 0.0795. The highest BCUT2D eigenvalue weighted by atomic mass is 32.2. The fourth-order valence-electron chi connectivity index (χ4n) is 3.76. The highest BCUT2D eigenvalue weighted by Crippen LogP contribution is 2.48. The van der Waals surface area contributed by atoms with Crippen molar-refractivity contribution >= 4 is 11.8 Å². The number of hydrogen-bond acceptors (Lipinski definition) is 3. The quantitative estimate of drug-likeness (QED) is 0.920. The molecule has 1 saturated carbocycles. The zero-order valence-electron chi connectivity index (χ0n) is 11.2. The van der Waals surface area contributed by atoms with Gasteiger partial charge in [0, 0.05) is 22.8 Å². The van der Waals surface area contributed by atoms with Gasteiger partial charge in [-0.05, 0) is 49.1 Å². The Labute approximate surface area is 119 Å². The van der Waals surface area contributed by atoms with Gasteiger partial charge in [-0.2, -0.15) is 0 Å². The molecule has 2 fully saturated rings. The number of thioether (sulfide) groups is 1. The van der Waals surface area contributed by atoms with Gasteiger partial charge in [-0.15, -0.1) is 11.8 Å². The fourth-order valence-corrected chi connectivity index (χ4v) is 5.02. The monoisotopic (exact) mass is 275 g/mol. The lowest BCUT2D eigenvalue weighted by atomic mass is 9.79. The predicted molar refractivity (Wildman–Crippen MR) is 78.5 cm³/mol. The standard InChI is InChI=1S/C16H21NOS/c17-16(7-8-18-15(16)11-5-6-11)9-12-10-19-14-4-2-1-3-13(12)14/h1-4,11-12,15H,5-10,17H2. The summed E-state index contributed by atoms with van der Waals surface area (Å²) in [6, 6.07) is 8.82. The van der Waals surface area contributed by atoms with Crippen molar-refractivity contribution in [1.29, 1.82) is 0 Å². The van der Waals surface area contributed by atoms with Gasteiger partial charge in [-0.1, -0.05) is 18.2 Å². The summed E-state index contributed by atoms with van der Waals surface area (Å²) in [6.07, 6.45) is 5.10. The molecule has 0 amide bonds. The molecular formula is C16H21NOS. The van der Waals surface area contributed by atoms with Gasteiger partial charge in [-0.3, -0.25) is 0 Å². The van der Waals surface area contributed by atoms with Crippen molar-refractivity contribution < 1.29 is 4.74 Å². The zero-order chi connectivity index (χ0) is 12.9. The molecule has 3 aliphatic rings. The van der Waals surface area contributed by atoms with Crippen molar-refractivity contribution in [3.63, 3.8) is 0 Å². The fraction of sp³-hybridized carbons (Fsp3) is 0.625. The Morgan fingerprint density at radius 2 is 2.16 bits per heavy atom. The number of ether oxygens (including phenoxy) is 1. The minimum Gasteiger partial charge on any atom is -0.376 e. The lowest BCUT2D eigenvalue weighted by molar-refractivity contribution is 0.0586. The van der Waals surface area contributed by atoms with Crippen LogP contribution < -0.4 is 5.73 Å². The normalized spacial score (nSPS) is 37.5. The van der Waals surface area contributed by atoms with Gasteiger partial charge in [0.2, 0.25) is 0 Å². The second kappa shape index (κ2) is 4.51. The molecule has 1 aliphatic carbocycles. The molecule has 102 valence electrons. The van der Waals surface area contributed by atoms with Crippen LogP contribution in [0.25, 0.3) is 0 Å². The summed E-state index contributed by atoms with van der Waals surface area (Å²) >= 11 is 1.99. The van der Waals surface area contributed by atoms with Crippen molar-refractivity contribution in [2.45, 2.75) is 48.1 Å². The summed E-state index contributed by atoms with van der Waals surface area (Å²) in [7, 11) is 0. The predicted octanol–water partition coefficient (Wildman–Crippen LogP) is 3.16. The first kappa shape index (κ1) is 12.2. The van der Waals surface area contributed by atoms with Crippen molar-refractivity contribution in [2.24, 2.45) is 11.7 Å². The maximum Gasteiger partial charge on any atom is 0.0783 e.